The third kappa shape index (κ3) is 4.06. The highest BCUT2D eigenvalue weighted by molar-refractivity contribution is 5.99. The molecule has 0 saturated heterocycles. The first-order chi connectivity index (χ1) is 11.0. The van der Waals surface area contributed by atoms with Crippen molar-refractivity contribution in [1.82, 2.24) is 0 Å². The van der Waals surface area contributed by atoms with Gasteiger partial charge in [-0.15, -0.1) is 0 Å². The minimum Gasteiger partial charge on any atom is -0.487 e. The van der Waals surface area contributed by atoms with Gasteiger partial charge in [0.1, 0.15) is 29.3 Å². The van der Waals surface area contributed by atoms with Crippen LogP contribution in [-0.2, 0) is 11.3 Å². The molecule has 0 saturated carbocycles. The highest BCUT2D eigenvalue weighted by Gasteiger charge is 2.23. The van der Waals surface area contributed by atoms with Crippen molar-refractivity contribution in [1.29, 1.82) is 0 Å². The van der Waals surface area contributed by atoms with E-state index in [1.54, 1.807) is 31.2 Å². The van der Waals surface area contributed by atoms with Crippen molar-refractivity contribution >= 4 is 11.9 Å². The number of rotatable bonds is 6. The van der Waals surface area contributed by atoms with Crippen LogP contribution in [-0.4, -0.2) is 23.7 Å². The largest absolute Gasteiger partial charge is 0.487 e. The molecule has 120 valence electrons. The summed E-state index contributed by atoms with van der Waals surface area (Å²) in [6.07, 6.45) is 0. The summed E-state index contributed by atoms with van der Waals surface area (Å²) in [4.78, 5) is 23.3. The molecule has 0 spiro atoms. The molecule has 0 fully saturated rings. The Morgan fingerprint density at radius 1 is 1.13 bits per heavy atom. The Bertz CT molecular complexity index is 712. The molecule has 0 bridgehead atoms. The molecule has 0 atom stereocenters. The van der Waals surface area contributed by atoms with Crippen LogP contribution in [0.1, 0.15) is 33.2 Å². The third-order valence-corrected chi connectivity index (χ3v) is 3.01. The monoisotopic (exact) mass is 318 g/mol. The number of benzene rings is 2. The molecule has 0 radical (unpaired) electrons. The lowest BCUT2D eigenvalue weighted by molar-refractivity contribution is 0.0520. The smallest absolute Gasteiger partial charge is 0.342 e. The molecule has 0 amide bonds. The highest BCUT2D eigenvalue weighted by Crippen LogP contribution is 2.28. The molecule has 23 heavy (non-hydrogen) atoms. The molecule has 0 aromatic heterocycles. The SMILES string of the molecule is CCOC(=O)c1cc(F)cc(C(=O)O)c1OCc1ccccc1. The maximum Gasteiger partial charge on any atom is 0.342 e. The predicted molar refractivity (Wildman–Crippen MR) is 80.1 cm³/mol. The Hall–Kier alpha value is -2.89. The molecule has 6 heteroatoms. The fraction of sp³-hybridized carbons (Fsp3) is 0.176. The molecule has 0 unspecified atom stereocenters. The normalized spacial score (nSPS) is 10.2. The predicted octanol–water partition coefficient (Wildman–Crippen LogP) is 3.28. The highest BCUT2D eigenvalue weighted by atomic mass is 19.1. The Morgan fingerprint density at radius 3 is 2.39 bits per heavy atom. The number of carboxylic acids is 1. The van der Waals surface area contributed by atoms with Crippen LogP contribution < -0.4 is 4.74 Å². The van der Waals surface area contributed by atoms with Gasteiger partial charge in [-0.05, 0) is 24.6 Å². The van der Waals surface area contributed by atoms with Crippen molar-refractivity contribution in [2.45, 2.75) is 13.5 Å². The average molecular weight is 318 g/mol. The number of ether oxygens (including phenoxy) is 2. The quantitative estimate of drug-likeness (QED) is 0.828. The summed E-state index contributed by atoms with van der Waals surface area (Å²) in [5.41, 5.74) is 0.104. The standard InChI is InChI=1S/C17H15FO5/c1-2-22-17(21)14-9-12(18)8-13(16(19)20)15(14)23-10-11-6-4-3-5-7-11/h3-9H,2,10H2,1H3,(H,19,20). The Morgan fingerprint density at radius 2 is 1.78 bits per heavy atom. The number of hydrogen-bond donors (Lipinski definition) is 1. The molecule has 0 aliphatic rings. The second-order valence-electron chi connectivity index (χ2n) is 4.63. The van der Waals surface area contributed by atoms with Crippen LogP contribution in [0.15, 0.2) is 42.5 Å². The summed E-state index contributed by atoms with van der Waals surface area (Å²) in [6, 6.07) is 10.7. The van der Waals surface area contributed by atoms with Crippen molar-refractivity contribution < 1.29 is 28.6 Å². The molecule has 2 aromatic rings. The minimum atomic E-state index is -1.39. The summed E-state index contributed by atoms with van der Waals surface area (Å²) in [5.74, 6) is -3.28. The zero-order valence-electron chi connectivity index (χ0n) is 12.4. The lowest BCUT2D eigenvalue weighted by atomic mass is 10.1. The number of halogens is 1. The van der Waals surface area contributed by atoms with Crippen LogP contribution in [0.3, 0.4) is 0 Å². The summed E-state index contributed by atoms with van der Waals surface area (Å²) < 4.78 is 23.9. The van der Waals surface area contributed by atoms with Gasteiger partial charge < -0.3 is 14.6 Å². The fourth-order valence-corrected chi connectivity index (χ4v) is 2.00. The summed E-state index contributed by atoms with van der Waals surface area (Å²) in [5, 5.41) is 9.22. The molecule has 2 aromatic carbocycles. The first-order valence-electron chi connectivity index (χ1n) is 6.93. The van der Waals surface area contributed by atoms with Gasteiger partial charge in [0.05, 0.1) is 6.61 Å². The van der Waals surface area contributed by atoms with Crippen LogP contribution in [0.5, 0.6) is 5.75 Å². The average Bonchev–Trinajstić information content (AvgIpc) is 2.54. The van der Waals surface area contributed by atoms with Crippen LogP contribution in [0.2, 0.25) is 0 Å². The zero-order chi connectivity index (χ0) is 16.8. The number of carbonyl (C=O) groups is 2. The van der Waals surface area contributed by atoms with Crippen molar-refractivity contribution in [2.24, 2.45) is 0 Å². The van der Waals surface area contributed by atoms with Gasteiger partial charge in [-0.3, -0.25) is 0 Å². The lowest BCUT2D eigenvalue weighted by Crippen LogP contribution is -2.12. The van der Waals surface area contributed by atoms with Gasteiger partial charge >= 0.3 is 11.9 Å². The summed E-state index contributed by atoms with van der Waals surface area (Å²) >= 11 is 0. The van der Waals surface area contributed by atoms with E-state index in [-0.39, 0.29) is 24.5 Å². The van der Waals surface area contributed by atoms with Gasteiger partial charge in [0.25, 0.3) is 0 Å². The summed E-state index contributed by atoms with van der Waals surface area (Å²) in [7, 11) is 0. The van der Waals surface area contributed by atoms with Gasteiger partial charge in [-0.25, -0.2) is 14.0 Å². The zero-order valence-corrected chi connectivity index (χ0v) is 12.4. The summed E-state index contributed by atoms with van der Waals surface area (Å²) in [6.45, 7) is 1.72. The maximum absolute atomic E-state index is 13.6. The Balaban J connectivity index is 2.40. The number of aromatic carboxylic acids is 1. The first kappa shape index (κ1) is 16.5. The Labute approximate surface area is 132 Å². The van der Waals surface area contributed by atoms with E-state index in [4.69, 9.17) is 9.47 Å². The number of esters is 1. The van der Waals surface area contributed by atoms with Gasteiger partial charge in [0, 0.05) is 0 Å². The van der Waals surface area contributed by atoms with Gasteiger partial charge in [0.2, 0.25) is 0 Å². The molecule has 0 heterocycles. The van der Waals surface area contributed by atoms with Gasteiger partial charge in [0.15, 0.2) is 0 Å². The van der Waals surface area contributed by atoms with Crippen molar-refractivity contribution in [3.63, 3.8) is 0 Å². The van der Waals surface area contributed by atoms with E-state index in [1.807, 2.05) is 6.07 Å². The van der Waals surface area contributed by atoms with E-state index in [2.05, 4.69) is 0 Å². The minimum absolute atomic E-state index is 0.0408. The maximum atomic E-state index is 13.6. The number of carbonyl (C=O) groups excluding carboxylic acids is 1. The molecular formula is C17H15FO5. The van der Waals surface area contributed by atoms with Crippen molar-refractivity contribution in [2.75, 3.05) is 6.61 Å². The van der Waals surface area contributed by atoms with Gasteiger partial charge in [-0.2, -0.15) is 0 Å². The van der Waals surface area contributed by atoms with Crippen LogP contribution in [0.25, 0.3) is 0 Å². The van der Waals surface area contributed by atoms with Crippen LogP contribution >= 0.6 is 0 Å². The molecule has 2 rings (SSSR count). The van der Waals surface area contributed by atoms with E-state index in [9.17, 15) is 19.1 Å². The topological polar surface area (TPSA) is 72.8 Å². The molecular weight excluding hydrogens is 303 g/mol. The van der Waals surface area contributed by atoms with E-state index < -0.39 is 23.3 Å². The second-order valence-corrected chi connectivity index (χ2v) is 4.63. The third-order valence-electron chi connectivity index (χ3n) is 3.01. The van der Waals surface area contributed by atoms with Crippen LogP contribution in [0, 0.1) is 5.82 Å². The van der Waals surface area contributed by atoms with E-state index in [1.165, 1.54) is 0 Å². The lowest BCUT2D eigenvalue weighted by Gasteiger charge is -2.14. The molecule has 1 N–H and O–H groups in total. The second kappa shape index (κ2) is 7.40. The van der Waals surface area contributed by atoms with E-state index >= 15 is 0 Å². The molecule has 0 aliphatic heterocycles. The fourth-order valence-electron chi connectivity index (χ4n) is 2.00. The molecule has 5 nitrogen and oxygen atoms in total. The van der Waals surface area contributed by atoms with Crippen molar-refractivity contribution in [3.05, 3.63) is 65.0 Å². The number of carboxylic acid groups (broad SMARTS) is 1. The van der Waals surface area contributed by atoms with Crippen LogP contribution in [0.4, 0.5) is 4.39 Å². The van der Waals surface area contributed by atoms with E-state index in [0.29, 0.717) is 0 Å². The molecule has 0 aliphatic carbocycles. The first-order valence-corrected chi connectivity index (χ1v) is 6.93. The van der Waals surface area contributed by atoms with Gasteiger partial charge in [-0.1, -0.05) is 30.3 Å². The Kier molecular flexibility index (Phi) is 5.30. The van der Waals surface area contributed by atoms with Crippen molar-refractivity contribution in [3.8, 4) is 5.75 Å². The van der Waals surface area contributed by atoms with E-state index in [0.717, 1.165) is 17.7 Å². The number of hydrogen-bond acceptors (Lipinski definition) is 4.